The Morgan fingerprint density at radius 1 is 1.50 bits per heavy atom. The lowest BCUT2D eigenvalue weighted by molar-refractivity contribution is -0.384. The van der Waals surface area contributed by atoms with Gasteiger partial charge in [-0.1, -0.05) is 6.07 Å². The van der Waals surface area contributed by atoms with Crippen LogP contribution in [0.2, 0.25) is 0 Å². The molecule has 18 heavy (non-hydrogen) atoms. The van der Waals surface area contributed by atoms with Crippen LogP contribution >= 0.6 is 12.2 Å². The fourth-order valence-corrected chi connectivity index (χ4v) is 1.61. The van der Waals surface area contributed by atoms with Gasteiger partial charge in [0.15, 0.2) is 10.7 Å². The van der Waals surface area contributed by atoms with Gasteiger partial charge in [-0.25, -0.2) is 13.4 Å². The van der Waals surface area contributed by atoms with Crippen LogP contribution in [0, 0.1) is 10.1 Å². The normalized spacial score (nSPS) is 9.83. The summed E-state index contributed by atoms with van der Waals surface area (Å²) in [6, 6.07) is 4.35. The van der Waals surface area contributed by atoms with E-state index < -0.39 is 15.6 Å². The smallest absolute Gasteiger partial charge is 0.292 e. The highest BCUT2D eigenvalue weighted by atomic mass is 32.2. The van der Waals surface area contributed by atoms with Crippen molar-refractivity contribution >= 4 is 39.5 Å². The average molecular weight is 287 g/mol. The second-order valence-electron chi connectivity index (χ2n) is 3.18. The van der Waals surface area contributed by atoms with Crippen LogP contribution < -0.4 is 5.32 Å². The summed E-state index contributed by atoms with van der Waals surface area (Å²) in [6.45, 7) is 0.195. The van der Waals surface area contributed by atoms with Crippen molar-refractivity contribution < 1.29 is 13.3 Å². The minimum atomic E-state index is -2.65. The summed E-state index contributed by atoms with van der Waals surface area (Å²) < 4.78 is 20.9. The van der Waals surface area contributed by atoms with E-state index in [0.29, 0.717) is 5.56 Å². The molecule has 0 spiro atoms. The molecule has 9 heteroatoms. The van der Waals surface area contributed by atoms with Gasteiger partial charge in [-0.05, 0) is 23.8 Å². The van der Waals surface area contributed by atoms with E-state index in [1.165, 1.54) is 12.1 Å². The van der Waals surface area contributed by atoms with E-state index in [1.54, 1.807) is 6.07 Å². The zero-order chi connectivity index (χ0) is 13.5. The number of rotatable bonds is 6. The van der Waals surface area contributed by atoms with Crippen LogP contribution in [0.15, 0.2) is 23.2 Å². The lowest BCUT2D eigenvalue weighted by Gasteiger charge is -2.05. The molecule has 0 saturated heterocycles. The fourth-order valence-electron chi connectivity index (χ4n) is 1.25. The Morgan fingerprint density at radius 3 is 2.78 bits per heavy atom. The van der Waals surface area contributed by atoms with Crippen molar-refractivity contribution in [3.05, 3.63) is 33.9 Å². The molecule has 96 valence electrons. The monoisotopic (exact) mass is 287 g/mol. The number of nitro benzene ring substituents is 1. The maximum absolute atomic E-state index is 10.8. The van der Waals surface area contributed by atoms with Crippen molar-refractivity contribution in [2.24, 2.45) is 4.99 Å². The highest BCUT2D eigenvalue weighted by Crippen LogP contribution is 2.25. The van der Waals surface area contributed by atoms with E-state index in [-0.39, 0.29) is 23.8 Å². The number of nitrogens with one attached hydrogen (secondary N) is 1. The number of hydrogen-bond donors (Lipinski definition) is 2. The maximum atomic E-state index is 10.8. The van der Waals surface area contributed by atoms with Gasteiger partial charge in [0.2, 0.25) is 0 Å². The summed E-state index contributed by atoms with van der Waals surface area (Å²) in [5, 5.41) is 15.5. The molecule has 0 aliphatic rings. The zero-order valence-electron chi connectivity index (χ0n) is 9.03. The number of thiocarbonyl (C=S) groups is 1. The van der Waals surface area contributed by atoms with Crippen molar-refractivity contribution in [1.82, 2.24) is 0 Å². The third kappa shape index (κ3) is 4.21. The summed E-state index contributed by atoms with van der Waals surface area (Å²) in [5.74, 6) is -0.354. The first-order valence-corrected chi connectivity index (χ1v) is 6.48. The zero-order valence-corrected chi connectivity index (χ0v) is 10.7. The van der Waals surface area contributed by atoms with Gasteiger partial charge < -0.3 is 5.32 Å². The van der Waals surface area contributed by atoms with Crippen LogP contribution in [0.25, 0.3) is 0 Å². The lowest BCUT2D eigenvalue weighted by atomic mass is 10.1. The molecule has 0 heterocycles. The predicted octanol–water partition coefficient (Wildman–Crippen LogP) is 1.18. The van der Waals surface area contributed by atoms with Crippen molar-refractivity contribution in [2.75, 3.05) is 11.2 Å². The third-order valence-electron chi connectivity index (χ3n) is 1.98. The molecular weight excluding hydrogens is 278 g/mol. The SMILES string of the molecule is O=[N+]([O-])c1cc(CN=C=S)ccc1NC[SH](=O)=O. The maximum Gasteiger partial charge on any atom is 0.292 e. The molecule has 1 N–H and O–H groups in total. The number of isothiocyanates is 1. The van der Waals surface area contributed by atoms with Crippen LogP contribution in [0.5, 0.6) is 0 Å². The number of nitro groups is 1. The Hall–Kier alpha value is -1.83. The van der Waals surface area contributed by atoms with Crippen molar-refractivity contribution in [3.63, 3.8) is 0 Å². The third-order valence-corrected chi connectivity index (χ3v) is 2.53. The molecule has 0 radical (unpaired) electrons. The van der Waals surface area contributed by atoms with Crippen LogP contribution in [-0.2, 0) is 17.2 Å². The molecule has 0 atom stereocenters. The lowest BCUT2D eigenvalue weighted by Crippen LogP contribution is -2.05. The summed E-state index contributed by atoms with van der Waals surface area (Å²) >= 11 is 4.40. The largest absolute Gasteiger partial charge is 0.366 e. The van der Waals surface area contributed by atoms with Crippen LogP contribution in [-0.4, -0.2) is 24.4 Å². The number of anilines is 1. The standard InChI is InChI=1S/C9H9N3O4S2/c13-12(14)9-3-7(4-10-5-17)1-2-8(9)11-6-18(15)16/h1-3,11,18H,4,6H2. The van der Waals surface area contributed by atoms with Gasteiger partial charge >= 0.3 is 0 Å². The molecular formula is C9H9N3O4S2. The molecule has 0 saturated carbocycles. The molecule has 1 aromatic carbocycles. The Kier molecular flexibility index (Phi) is 5.37. The Morgan fingerprint density at radius 2 is 2.22 bits per heavy atom. The highest BCUT2D eigenvalue weighted by molar-refractivity contribution is 7.78. The second-order valence-corrected chi connectivity index (χ2v) is 4.35. The summed E-state index contributed by atoms with van der Waals surface area (Å²) in [5.41, 5.74) is 0.536. The molecule has 0 aliphatic carbocycles. The molecule has 0 aliphatic heterocycles. The topological polar surface area (TPSA) is 102 Å². The Balaban J connectivity index is 3.03. The van der Waals surface area contributed by atoms with Gasteiger partial charge in [0, 0.05) is 6.07 Å². The van der Waals surface area contributed by atoms with Crippen molar-refractivity contribution in [3.8, 4) is 0 Å². The molecule has 1 rings (SSSR count). The van der Waals surface area contributed by atoms with E-state index in [4.69, 9.17) is 0 Å². The van der Waals surface area contributed by atoms with Crippen LogP contribution in [0.3, 0.4) is 0 Å². The van der Waals surface area contributed by atoms with Crippen LogP contribution in [0.1, 0.15) is 5.56 Å². The van der Waals surface area contributed by atoms with E-state index in [0.717, 1.165) is 0 Å². The first-order valence-electron chi connectivity index (χ1n) is 4.71. The summed E-state index contributed by atoms with van der Waals surface area (Å²) in [6.07, 6.45) is 0. The van der Waals surface area contributed by atoms with E-state index in [9.17, 15) is 18.5 Å². The molecule has 0 unspecified atom stereocenters. The van der Waals surface area contributed by atoms with E-state index in [2.05, 4.69) is 27.7 Å². The quantitative estimate of drug-likeness (QED) is 0.268. The van der Waals surface area contributed by atoms with Gasteiger partial charge in [-0.3, -0.25) is 10.1 Å². The summed E-state index contributed by atoms with van der Waals surface area (Å²) in [4.78, 5) is 13.9. The molecule has 0 fully saturated rings. The van der Waals surface area contributed by atoms with Crippen molar-refractivity contribution in [1.29, 1.82) is 0 Å². The second kappa shape index (κ2) is 6.80. The minimum absolute atomic E-state index is 0.147. The van der Waals surface area contributed by atoms with Gasteiger partial charge in [0.05, 0.1) is 16.6 Å². The first-order chi connectivity index (χ1) is 8.54. The van der Waals surface area contributed by atoms with Gasteiger partial charge in [0.25, 0.3) is 5.69 Å². The van der Waals surface area contributed by atoms with Crippen LogP contribution in [0.4, 0.5) is 11.4 Å². The Bertz CT molecular complexity index is 571. The summed E-state index contributed by atoms with van der Waals surface area (Å²) in [7, 11) is -2.65. The van der Waals surface area contributed by atoms with E-state index >= 15 is 0 Å². The van der Waals surface area contributed by atoms with Gasteiger partial charge in [-0.2, -0.15) is 0 Å². The fraction of sp³-hybridized carbons (Fsp3) is 0.222. The number of benzene rings is 1. The highest BCUT2D eigenvalue weighted by Gasteiger charge is 2.14. The van der Waals surface area contributed by atoms with Gasteiger partial charge in [-0.15, -0.1) is 0 Å². The first kappa shape index (κ1) is 14.2. The molecule has 0 aromatic heterocycles. The van der Waals surface area contributed by atoms with E-state index in [1.807, 2.05) is 0 Å². The average Bonchev–Trinajstić information content (AvgIpc) is 2.34. The number of aliphatic imine (C=N–C) groups is 1. The number of hydrogen-bond acceptors (Lipinski definition) is 7. The molecule has 0 amide bonds. The Labute approximate surface area is 110 Å². The van der Waals surface area contributed by atoms with Gasteiger partial charge in [0.1, 0.15) is 11.6 Å². The number of nitrogens with zero attached hydrogens (tertiary/aromatic N) is 2. The van der Waals surface area contributed by atoms with Crippen molar-refractivity contribution in [2.45, 2.75) is 6.54 Å². The minimum Gasteiger partial charge on any atom is -0.366 e. The predicted molar refractivity (Wildman–Crippen MR) is 70.6 cm³/mol. The molecule has 0 bridgehead atoms. The number of thiol groups is 1. The molecule has 7 nitrogen and oxygen atoms in total. The molecule has 1 aromatic rings.